The van der Waals surface area contributed by atoms with E-state index in [1.807, 2.05) is 0 Å². The van der Waals surface area contributed by atoms with Crippen LogP contribution in [0.5, 0.6) is 0 Å². The first-order valence-corrected chi connectivity index (χ1v) is 14.1. The average Bonchev–Trinajstić information content (AvgIpc) is 3.10. The SMILES string of the molecule is C[C@]12CCC(N3CCCCC3)=CC1=CC[C@@H]1[C@@H]2CC[C@]2(C)C(=O)/C(=C\N3CCCCC3)C[C@@H]12. The van der Waals surface area contributed by atoms with E-state index in [4.69, 9.17) is 0 Å². The highest BCUT2D eigenvalue weighted by molar-refractivity contribution is 6.02. The van der Waals surface area contributed by atoms with Crippen molar-refractivity contribution >= 4 is 5.78 Å². The minimum atomic E-state index is -0.117. The quantitative estimate of drug-likeness (QED) is 0.452. The predicted octanol–water partition coefficient (Wildman–Crippen LogP) is 6.48. The van der Waals surface area contributed by atoms with Crippen LogP contribution in [-0.2, 0) is 4.79 Å². The molecule has 3 heteroatoms. The van der Waals surface area contributed by atoms with Gasteiger partial charge in [0, 0.05) is 49.1 Å². The lowest BCUT2D eigenvalue weighted by atomic mass is 9.48. The zero-order chi connectivity index (χ0) is 22.6. The molecule has 3 nitrogen and oxygen atoms in total. The minimum Gasteiger partial charge on any atom is -0.377 e. The summed E-state index contributed by atoms with van der Waals surface area (Å²) in [4.78, 5) is 18.8. The van der Waals surface area contributed by atoms with Crippen molar-refractivity contribution in [2.75, 3.05) is 26.2 Å². The van der Waals surface area contributed by atoms with Crippen LogP contribution in [0.15, 0.2) is 35.2 Å². The summed E-state index contributed by atoms with van der Waals surface area (Å²) in [6.45, 7) is 9.69. The molecule has 2 saturated heterocycles. The molecule has 0 aromatic carbocycles. The van der Waals surface area contributed by atoms with Crippen LogP contribution in [-0.4, -0.2) is 41.8 Å². The Morgan fingerprint density at radius 2 is 1.64 bits per heavy atom. The molecule has 0 N–H and O–H groups in total. The molecule has 0 spiro atoms. The summed E-state index contributed by atoms with van der Waals surface area (Å²) >= 11 is 0. The fraction of sp³-hybridized carbons (Fsp3) is 0.767. The van der Waals surface area contributed by atoms with Crippen molar-refractivity contribution < 1.29 is 4.79 Å². The maximum atomic E-state index is 13.7. The molecule has 0 radical (unpaired) electrons. The molecule has 0 unspecified atom stereocenters. The van der Waals surface area contributed by atoms with Gasteiger partial charge in [-0.25, -0.2) is 0 Å². The third-order valence-corrected chi connectivity index (χ3v) is 10.9. The molecule has 4 aliphatic carbocycles. The van der Waals surface area contributed by atoms with Crippen molar-refractivity contribution in [3.05, 3.63) is 35.2 Å². The van der Waals surface area contributed by atoms with Gasteiger partial charge < -0.3 is 9.80 Å². The third kappa shape index (κ3) is 3.55. The molecule has 2 saturated carbocycles. The van der Waals surface area contributed by atoms with Crippen molar-refractivity contribution in [1.29, 1.82) is 0 Å². The van der Waals surface area contributed by atoms with E-state index >= 15 is 0 Å². The van der Waals surface area contributed by atoms with Crippen LogP contribution in [0.4, 0.5) is 0 Å². The molecule has 6 aliphatic rings. The number of carbonyl (C=O) groups excluding carboxylic acids is 1. The van der Waals surface area contributed by atoms with Crippen LogP contribution in [0.2, 0.25) is 0 Å². The molecule has 4 fully saturated rings. The van der Waals surface area contributed by atoms with Crippen LogP contribution in [0.1, 0.15) is 90.9 Å². The van der Waals surface area contributed by atoms with Gasteiger partial charge in [0.1, 0.15) is 0 Å². The summed E-state index contributed by atoms with van der Waals surface area (Å²) in [5.74, 6) is 2.46. The number of carbonyl (C=O) groups is 1. The number of likely N-dealkylation sites (tertiary alicyclic amines) is 2. The third-order valence-electron chi connectivity index (χ3n) is 10.9. The summed E-state index contributed by atoms with van der Waals surface area (Å²) < 4.78 is 0. The average molecular weight is 449 g/mol. The number of nitrogens with zero attached hydrogens (tertiary/aromatic N) is 2. The maximum absolute atomic E-state index is 13.7. The highest BCUT2D eigenvalue weighted by atomic mass is 16.1. The monoisotopic (exact) mass is 448 g/mol. The number of allylic oxidation sites excluding steroid dienone is 5. The second kappa shape index (κ2) is 8.31. The Morgan fingerprint density at radius 1 is 0.909 bits per heavy atom. The highest BCUT2D eigenvalue weighted by Crippen LogP contribution is 2.64. The molecule has 0 aromatic heterocycles. The van der Waals surface area contributed by atoms with E-state index in [-0.39, 0.29) is 5.41 Å². The van der Waals surface area contributed by atoms with Crippen molar-refractivity contribution in [3.8, 4) is 0 Å². The standard InChI is InChI=1S/C30H44N2O/c1-29-13-11-24(32-17-7-4-8-18-32)20-23(29)9-10-25-26(29)12-14-30(2)27(25)19-22(28(30)33)21-31-15-5-3-6-16-31/h9,20-21,25-27H,3-8,10-19H2,1-2H3/b22-21-/t25-,26+,27+,29+,30+/m1/s1. The van der Waals surface area contributed by atoms with E-state index in [1.54, 1.807) is 11.3 Å². The van der Waals surface area contributed by atoms with E-state index in [9.17, 15) is 4.79 Å². The molecule has 0 bridgehead atoms. The van der Waals surface area contributed by atoms with Gasteiger partial charge in [0.25, 0.3) is 0 Å². The van der Waals surface area contributed by atoms with Crippen molar-refractivity contribution in [1.82, 2.24) is 9.80 Å². The van der Waals surface area contributed by atoms with Crippen molar-refractivity contribution in [2.24, 2.45) is 28.6 Å². The number of hydrogen-bond donors (Lipinski definition) is 0. The molecular formula is C30H44N2O. The Balaban J connectivity index is 1.26. The number of Topliss-reactive ketones (excluding diaryl/α,β-unsaturated/α-hetero) is 1. The highest BCUT2D eigenvalue weighted by Gasteiger charge is 2.59. The minimum absolute atomic E-state index is 0.117. The Hall–Kier alpha value is -1.51. The van der Waals surface area contributed by atoms with Gasteiger partial charge in [-0.15, -0.1) is 0 Å². The van der Waals surface area contributed by atoms with E-state index in [0.717, 1.165) is 37.4 Å². The van der Waals surface area contributed by atoms with Crippen LogP contribution >= 0.6 is 0 Å². The Morgan fingerprint density at radius 3 is 2.39 bits per heavy atom. The van der Waals surface area contributed by atoms with E-state index < -0.39 is 0 Å². The van der Waals surface area contributed by atoms with Crippen LogP contribution in [0.3, 0.4) is 0 Å². The summed E-state index contributed by atoms with van der Waals surface area (Å²) in [7, 11) is 0. The van der Waals surface area contributed by atoms with Gasteiger partial charge in [-0.05, 0) is 112 Å². The summed E-state index contributed by atoms with van der Waals surface area (Å²) in [5, 5.41) is 0. The molecule has 0 aromatic rings. The lowest BCUT2D eigenvalue weighted by molar-refractivity contribution is -0.129. The van der Waals surface area contributed by atoms with Crippen molar-refractivity contribution in [3.63, 3.8) is 0 Å². The van der Waals surface area contributed by atoms with Gasteiger partial charge >= 0.3 is 0 Å². The Kier molecular flexibility index (Phi) is 5.54. The zero-order valence-corrected chi connectivity index (χ0v) is 21.1. The first-order valence-electron chi connectivity index (χ1n) is 14.1. The predicted molar refractivity (Wildman–Crippen MR) is 134 cm³/mol. The molecule has 33 heavy (non-hydrogen) atoms. The molecular weight excluding hydrogens is 404 g/mol. The fourth-order valence-electron chi connectivity index (χ4n) is 8.80. The summed E-state index contributed by atoms with van der Waals surface area (Å²) in [6.07, 6.45) is 22.6. The first kappa shape index (κ1) is 22.0. The molecule has 2 heterocycles. The molecule has 5 atom stereocenters. The number of piperidine rings is 2. The Labute approximate surface area is 201 Å². The summed E-state index contributed by atoms with van der Waals surface area (Å²) in [5.41, 5.74) is 4.59. The van der Waals surface area contributed by atoms with E-state index in [2.05, 4.69) is 42.0 Å². The second-order valence-electron chi connectivity index (χ2n) is 12.6. The number of ketones is 1. The van der Waals surface area contributed by atoms with Crippen LogP contribution in [0, 0.1) is 28.6 Å². The Bertz CT molecular complexity index is 887. The second-order valence-corrected chi connectivity index (χ2v) is 12.6. The van der Waals surface area contributed by atoms with Gasteiger partial charge in [0.05, 0.1) is 0 Å². The lowest BCUT2D eigenvalue weighted by Gasteiger charge is -2.56. The van der Waals surface area contributed by atoms with E-state index in [0.29, 0.717) is 23.0 Å². The molecule has 180 valence electrons. The van der Waals surface area contributed by atoms with Gasteiger partial charge in [-0.2, -0.15) is 0 Å². The van der Waals surface area contributed by atoms with Crippen LogP contribution < -0.4 is 0 Å². The number of hydrogen-bond acceptors (Lipinski definition) is 3. The largest absolute Gasteiger partial charge is 0.377 e. The summed E-state index contributed by atoms with van der Waals surface area (Å²) in [6, 6.07) is 0. The smallest absolute Gasteiger partial charge is 0.166 e. The zero-order valence-electron chi connectivity index (χ0n) is 21.1. The number of rotatable bonds is 2. The topological polar surface area (TPSA) is 23.6 Å². The maximum Gasteiger partial charge on any atom is 0.166 e. The molecule has 6 rings (SSSR count). The fourth-order valence-corrected chi connectivity index (χ4v) is 8.80. The first-order chi connectivity index (χ1) is 16.0. The van der Waals surface area contributed by atoms with Gasteiger partial charge in [0.2, 0.25) is 0 Å². The van der Waals surface area contributed by atoms with Gasteiger partial charge in [-0.1, -0.05) is 19.9 Å². The van der Waals surface area contributed by atoms with Crippen LogP contribution in [0.25, 0.3) is 0 Å². The number of fused-ring (bicyclic) bond motifs is 5. The van der Waals surface area contributed by atoms with Crippen molar-refractivity contribution in [2.45, 2.75) is 90.9 Å². The normalized spacial score (nSPS) is 42.4. The lowest BCUT2D eigenvalue weighted by Crippen LogP contribution is -2.49. The van der Waals surface area contributed by atoms with Gasteiger partial charge in [0.15, 0.2) is 5.78 Å². The van der Waals surface area contributed by atoms with Gasteiger partial charge in [-0.3, -0.25) is 4.79 Å². The molecule has 2 aliphatic heterocycles. The molecule has 0 amide bonds. The van der Waals surface area contributed by atoms with E-state index in [1.165, 1.54) is 77.3 Å².